The van der Waals surface area contributed by atoms with Crippen molar-refractivity contribution in [1.82, 2.24) is 29.8 Å². The van der Waals surface area contributed by atoms with Crippen LogP contribution in [0.1, 0.15) is 68.7 Å². The van der Waals surface area contributed by atoms with Crippen molar-refractivity contribution >= 4 is 23.2 Å². The number of carbonyl (C=O) groups is 1. The minimum absolute atomic E-state index is 0.140. The van der Waals surface area contributed by atoms with Crippen molar-refractivity contribution in [2.45, 2.75) is 51.7 Å². The second-order valence-electron chi connectivity index (χ2n) is 10.9. The lowest BCUT2D eigenvalue weighted by Gasteiger charge is -2.20. The summed E-state index contributed by atoms with van der Waals surface area (Å²) < 4.78 is 49.1. The Bertz CT molecular complexity index is 1940. The van der Waals surface area contributed by atoms with Gasteiger partial charge in [0.2, 0.25) is 5.91 Å². The summed E-state index contributed by atoms with van der Waals surface area (Å²) in [6.45, 7) is 3.15. The lowest BCUT2D eigenvalue weighted by atomic mass is 9.88. The summed E-state index contributed by atoms with van der Waals surface area (Å²) in [5.74, 6) is -0.961. The fraction of sp³-hybridized carbons (Fsp3) is 0.290. The number of nitrogens with zero attached hydrogens (tertiary/aromatic N) is 6. The summed E-state index contributed by atoms with van der Waals surface area (Å²) in [6.07, 6.45) is 1.39. The van der Waals surface area contributed by atoms with Crippen LogP contribution >= 0.6 is 11.6 Å². The molecule has 4 aromatic heterocycles. The van der Waals surface area contributed by atoms with Gasteiger partial charge in [-0.1, -0.05) is 30.2 Å². The zero-order valence-electron chi connectivity index (χ0n) is 24.1. The third-order valence-electron chi connectivity index (χ3n) is 7.81. The fourth-order valence-electron chi connectivity index (χ4n) is 5.50. The van der Waals surface area contributed by atoms with Gasteiger partial charge in [-0.15, -0.1) is 5.10 Å². The number of amides is 1. The van der Waals surface area contributed by atoms with Crippen LogP contribution < -0.4 is 10.9 Å². The summed E-state index contributed by atoms with van der Waals surface area (Å²) in [7, 11) is 0. The summed E-state index contributed by atoms with van der Waals surface area (Å²) in [5.41, 5.74) is 1.74. The molecule has 6 rings (SSSR count). The topological polar surface area (TPSA) is 121 Å². The Hall–Kier alpha value is -4.78. The Morgan fingerprint density at radius 3 is 2.64 bits per heavy atom. The number of alkyl halides is 3. The Morgan fingerprint density at radius 1 is 1.09 bits per heavy atom. The zero-order valence-corrected chi connectivity index (χ0v) is 24.9. The number of carbonyl (C=O) groups excluding carboxylic acids is 1. The smallest absolute Gasteiger partial charge is 0.340 e. The Morgan fingerprint density at radius 2 is 1.91 bits per heavy atom. The van der Waals surface area contributed by atoms with E-state index in [1.807, 2.05) is 0 Å². The molecule has 1 N–H and O–H groups in total. The highest BCUT2D eigenvalue weighted by Crippen LogP contribution is 2.37. The third-order valence-corrected chi connectivity index (χ3v) is 8.05. The normalized spacial score (nSPS) is 17.7. The van der Waals surface area contributed by atoms with Gasteiger partial charge in [0.05, 0.1) is 29.5 Å². The number of fused-ring (bicyclic) bond motifs is 4. The predicted octanol–water partition coefficient (Wildman–Crippen LogP) is 7.12. The molecule has 0 saturated heterocycles. The van der Waals surface area contributed by atoms with Crippen LogP contribution in [-0.4, -0.2) is 35.7 Å². The molecule has 10 nitrogen and oxygen atoms in total. The largest absolute Gasteiger partial charge is 0.422 e. The molecule has 5 heterocycles. The number of hydrogen-bond donors (Lipinski definition) is 1. The number of nitrogens with one attached hydrogen (secondary N) is 1. The van der Waals surface area contributed by atoms with E-state index in [0.29, 0.717) is 63.7 Å². The van der Waals surface area contributed by atoms with E-state index in [1.54, 1.807) is 55.6 Å². The maximum absolute atomic E-state index is 14.6. The van der Waals surface area contributed by atoms with Crippen LogP contribution in [0.3, 0.4) is 0 Å². The molecule has 1 aliphatic heterocycles. The molecule has 45 heavy (non-hydrogen) atoms. The maximum Gasteiger partial charge on any atom is 0.340 e. The van der Waals surface area contributed by atoms with E-state index < -0.39 is 30.0 Å². The van der Waals surface area contributed by atoms with Crippen molar-refractivity contribution in [2.24, 2.45) is 5.92 Å². The highest BCUT2D eigenvalue weighted by molar-refractivity contribution is 6.31. The van der Waals surface area contributed by atoms with Crippen LogP contribution in [-0.2, 0) is 4.79 Å². The van der Waals surface area contributed by atoms with Gasteiger partial charge in [-0.25, -0.2) is 27.3 Å². The fourth-order valence-corrected chi connectivity index (χ4v) is 5.68. The van der Waals surface area contributed by atoms with Gasteiger partial charge in [-0.05, 0) is 62.2 Å². The molecule has 2 bridgehead atoms. The number of pyridine rings is 1. The van der Waals surface area contributed by atoms with Crippen molar-refractivity contribution < 1.29 is 22.4 Å². The molecule has 1 unspecified atom stereocenters. The van der Waals surface area contributed by atoms with Gasteiger partial charge < -0.3 is 9.73 Å². The first kappa shape index (κ1) is 30.3. The van der Waals surface area contributed by atoms with E-state index >= 15 is 0 Å². The van der Waals surface area contributed by atoms with Crippen molar-refractivity contribution in [1.29, 1.82) is 0 Å². The molecule has 0 fully saturated rings. The Labute approximate surface area is 259 Å². The van der Waals surface area contributed by atoms with Gasteiger partial charge in [-0.2, -0.15) is 5.10 Å². The molecule has 1 aliphatic rings. The molecule has 3 atom stereocenters. The molecule has 1 aromatic carbocycles. The van der Waals surface area contributed by atoms with Crippen molar-refractivity contribution in [2.75, 3.05) is 5.32 Å². The summed E-state index contributed by atoms with van der Waals surface area (Å²) in [4.78, 5) is 31.2. The number of benzene rings is 1. The average Bonchev–Trinajstić information content (AvgIpc) is 3.67. The molecular weight excluding hydrogens is 611 g/mol. The van der Waals surface area contributed by atoms with E-state index in [9.17, 15) is 22.8 Å². The van der Waals surface area contributed by atoms with Gasteiger partial charge in [0.15, 0.2) is 6.30 Å². The van der Waals surface area contributed by atoms with E-state index in [2.05, 4.69) is 25.7 Å². The summed E-state index contributed by atoms with van der Waals surface area (Å²) >= 11 is 6.26. The summed E-state index contributed by atoms with van der Waals surface area (Å²) in [6, 6.07) is 11.3. The first-order valence-corrected chi connectivity index (χ1v) is 14.6. The highest BCUT2D eigenvalue weighted by Gasteiger charge is 2.27. The van der Waals surface area contributed by atoms with Gasteiger partial charge in [-0.3, -0.25) is 9.78 Å². The minimum atomic E-state index is -2.81. The minimum Gasteiger partial charge on any atom is -0.422 e. The second-order valence-corrected chi connectivity index (χ2v) is 11.3. The van der Waals surface area contributed by atoms with Crippen LogP contribution in [0.4, 0.5) is 18.9 Å². The average molecular weight is 638 g/mol. The molecule has 0 saturated carbocycles. The van der Waals surface area contributed by atoms with E-state index in [0.717, 1.165) is 10.9 Å². The van der Waals surface area contributed by atoms with Crippen LogP contribution in [0, 0.1) is 5.92 Å². The van der Waals surface area contributed by atoms with Crippen LogP contribution in [0.15, 0.2) is 70.3 Å². The van der Waals surface area contributed by atoms with Gasteiger partial charge in [0, 0.05) is 45.4 Å². The second kappa shape index (κ2) is 12.3. The SMILES string of the molecule is CC(F)n1ncc2c1-c1ccnc(c1)[C@H](c1ccc(-c3cc(Cl)ccc3-n3cc(C(F)F)nn3)oc1=O)CCC[C@H](C)C(=O)N2. The highest BCUT2D eigenvalue weighted by atomic mass is 35.5. The van der Waals surface area contributed by atoms with E-state index in [-0.39, 0.29) is 17.6 Å². The van der Waals surface area contributed by atoms with Crippen LogP contribution in [0.5, 0.6) is 0 Å². The number of halogens is 4. The lowest BCUT2D eigenvalue weighted by molar-refractivity contribution is -0.119. The van der Waals surface area contributed by atoms with Gasteiger partial charge in [0.25, 0.3) is 6.43 Å². The Balaban J connectivity index is 1.43. The Kier molecular flexibility index (Phi) is 8.28. The maximum atomic E-state index is 14.6. The molecule has 14 heteroatoms. The van der Waals surface area contributed by atoms with Crippen molar-refractivity contribution in [3.63, 3.8) is 0 Å². The molecular formula is C31H27ClF3N7O3. The standard InChI is InChI=1S/C31H27ClF3N7O3/c1-16-4-3-5-20(23-12-18(10-11-36-23)28-24(38-30(16)43)14-37-42(28)17(2)33)21-7-9-27(45-31(21)44)22-13-19(32)6-8-26(22)41-15-25(29(34)35)39-40-41/h6-17,20,29H,3-5H2,1-2H3,(H,38,43)/t16-,17?,20-/m0/s1. The number of hydrogen-bond acceptors (Lipinski definition) is 7. The lowest BCUT2D eigenvalue weighted by Crippen LogP contribution is -2.22. The molecule has 5 aromatic rings. The quantitative estimate of drug-likeness (QED) is 0.218. The molecule has 0 spiro atoms. The van der Waals surface area contributed by atoms with Crippen LogP contribution in [0.2, 0.25) is 5.02 Å². The molecule has 0 aliphatic carbocycles. The molecule has 232 valence electrons. The summed E-state index contributed by atoms with van der Waals surface area (Å²) in [5, 5.41) is 14.7. The van der Waals surface area contributed by atoms with E-state index in [4.69, 9.17) is 16.0 Å². The van der Waals surface area contributed by atoms with Gasteiger partial charge >= 0.3 is 5.63 Å². The molecule has 0 radical (unpaired) electrons. The van der Waals surface area contributed by atoms with Crippen molar-refractivity contribution in [3.05, 3.63) is 93.4 Å². The van der Waals surface area contributed by atoms with E-state index in [1.165, 1.54) is 17.8 Å². The first-order valence-electron chi connectivity index (χ1n) is 14.2. The van der Waals surface area contributed by atoms with Crippen molar-refractivity contribution in [3.8, 4) is 28.3 Å². The zero-order chi connectivity index (χ0) is 31.8. The van der Waals surface area contributed by atoms with Crippen LogP contribution in [0.25, 0.3) is 28.3 Å². The third kappa shape index (κ3) is 5.99. The predicted molar refractivity (Wildman–Crippen MR) is 160 cm³/mol. The first-order chi connectivity index (χ1) is 21.6. The number of anilines is 1. The molecule has 1 amide bonds. The number of rotatable bonds is 5. The monoisotopic (exact) mass is 637 g/mol. The number of aromatic nitrogens is 6. The van der Waals surface area contributed by atoms with Gasteiger partial charge in [0.1, 0.15) is 11.5 Å².